The topological polar surface area (TPSA) is 121 Å². The fraction of sp³-hybridized carbons (Fsp3) is 0.440. The Bertz CT molecular complexity index is 1300. The van der Waals surface area contributed by atoms with Crippen LogP contribution in [-0.2, 0) is 16.7 Å². The van der Waals surface area contributed by atoms with Crippen molar-refractivity contribution in [2.24, 2.45) is 0 Å². The van der Waals surface area contributed by atoms with Crippen molar-refractivity contribution < 1.29 is 18.6 Å². The van der Waals surface area contributed by atoms with Crippen molar-refractivity contribution in [2.45, 2.75) is 44.1 Å². The lowest BCUT2D eigenvalue weighted by Gasteiger charge is -2.21. The first-order valence-electron chi connectivity index (χ1n) is 11.9. The predicted octanol–water partition coefficient (Wildman–Crippen LogP) is 3.79. The molecule has 2 aliphatic rings. The maximum Gasteiger partial charge on any atom is 0.257 e. The summed E-state index contributed by atoms with van der Waals surface area (Å²) in [5.41, 5.74) is 4.15. The zero-order valence-corrected chi connectivity index (χ0v) is 19.8. The van der Waals surface area contributed by atoms with E-state index in [1.54, 1.807) is 24.5 Å². The van der Waals surface area contributed by atoms with E-state index < -0.39 is 18.4 Å². The Labute approximate surface area is 207 Å². The van der Waals surface area contributed by atoms with Crippen molar-refractivity contribution in [3.05, 3.63) is 47.4 Å². The maximum atomic E-state index is 13.0. The zero-order chi connectivity index (χ0) is 25.3. The first-order valence-corrected chi connectivity index (χ1v) is 11.9. The third-order valence-corrected chi connectivity index (χ3v) is 6.83. The van der Waals surface area contributed by atoms with Gasteiger partial charge in [0, 0.05) is 49.0 Å². The average molecular weight is 496 g/mol. The predicted molar refractivity (Wildman–Crippen MR) is 129 cm³/mol. The van der Waals surface area contributed by atoms with E-state index in [-0.39, 0.29) is 12.5 Å². The third kappa shape index (κ3) is 4.62. The molecular formula is C25H27F2N7O2. The molecule has 1 saturated heterocycles. The molecule has 4 heterocycles. The van der Waals surface area contributed by atoms with Gasteiger partial charge in [0.15, 0.2) is 0 Å². The van der Waals surface area contributed by atoms with Crippen LogP contribution in [0.5, 0.6) is 0 Å². The molecule has 1 aromatic carbocycles. The molecular weight excluding hydrogens is 468 g/mol. The summed E-state index contributed by atoms with van der Waals surface area (Å²) in [4.78, 5) is 8.97. The van der Waals surface area contributed by atoms with Crippen molar-refractivity contribution in [3.8, 4) is 17.3 Å². The Hall–Kier alpha value is -3.62. The second-order valence-corrected chi connectivity index (χ2v) is 9.45. The fourth-order valence-corrected chi connectivity index (χ4v) is 4.80. The standard InChI is InChI=1S/C25H27F2N7O2/c1-25(14-35)13-30-22-17(10-28)8-16(9-18(22)25)19-2-5-29-24(31-19)32-20-11-34(12-21(26)27)33-23(20)15-3-6-36-7-4-15/h2,5,8-9,11,15,21,30,35H,3-4,6-7,12-14H2,1H3,(H,29,31,32)/t25-/m1/s1. The number of aliphatic hydroxyl groups excluding tert-OH is 1. The van der Waals surface area contributed by atoms with Gasteiger partial charge in [0.05, 0.1) is 34.9 Å². The van der Waals surface area contributed by atoms with Gasteiger partial charge >= 0.3 is 0 Å². The summed E-state index contributed by atoms with van der Waals surface area (Å²) in [7, 11) is 0. The second-order valence-electron chi connectivity index (χ2n) is 9.45. The van der Waals surface area contributed by atoms with Gasteiger partial charge in [0.1, 0.15) is 12.6 Å². The van der Waals surface area contributed by atoms with Crippen LogP contribution in [0.2, 0.25) is 0 Å². The molecule has 2 aliphatic heterocycles. The lowest BCUT2D eigenvalue weighted by Crippen LogP contribution is -2.28. The SMILES string of the molecule is C[C@]1(CO)CNc2c(C#N)cc(-c3ccnc(Nc4cn(CC(F)F)nc4C4CCOCC4)n3)cc21. The van der Waals surface area contributed by atoms with Gasteiger partial charge in [-0.1, -0.05) is 6.92 Å². The summed E-state index contributed by atoms with van der Waals surface area (Å²) in [5, 5.41) is 30.5. The molecule has 0 saturated carbocycles. The van der Waals surface area contributed by atoms with Gasteiger partial charge in [-0.2, -0.15) is 10.4 Å². The summed E-state index contributed by atoms with van der Waals surface area (Å²) in [5.74, 6) is 0.376. The number of alkyl halides is 2. The molecule has 9 nitrogen and oxygen atoms in total. The lowest BCUT2D eigenvalue weighted by atomic mass is 9.83. The van der Waals surface area contributed by atoms with E-state index in [0.717, 1.165) is 29.7 Å². The normalized spacial score (nSPS) is 19.7. The van der Waals surface area contributed by atoms with E-state index in [4.69, 9.17) is 4.74 Å². The molecule has 36 heavy (non-hydrogen) atoms. The van der Waals surface area contributed by atoms with E-state index in [2.05, 4.69) is 31.8 Å². The van der Waals surface area contributed by atoms with Crippen molar-refractivity contribution >= 4 is 17.3 Å². The number of nitriles is 1. The summed E-state index contributed by atoms with van der Waals surface area (Å²) in [6.07, 6.45) is 2.16. The minimum atomic E-state index is -2.52. The number of nitrogens with zero attached hydrogens (tertiary/aromatic N) is 5. The second kappa shape index (κ2) is 9.79. The van der Waals surface area contributed by atoms with Crippen molar-refractivity contribution in [2.75, 3.05) is 37.0 Å². The molecule has 1 atom stereocenters. The van der Waals surface area contributed by atoms with Gasteiger partial charge in [0.25, 0.3) is 6.43 Å². The Kier molecular flexibility index (Phi) is 6.55. The third-order valence-electron chi connectivity index (χ3n) is 6.83. The summed E-state index contributed by atoms with van der Waals surface area (Å²) in [6, 6.07) is 7.67. The highest BCUT2D eigenvalue weighted by Crippen LogP contribution is 2.41. The minimum Gasteiger partial charge on any atom is -0.395 e. The number of anilines is 3. The number of ether oxygens (including phenoxy) is 1. The molecule has 188 valence electrons. The van der Waals surface area contributed by atoms with Crippen molar-refractivity contribution in [1.29, 1.82) is 5.26 Å². The van der Waals surface area contributed by atoms with Crippen LogP contribution in [0.1, 0.15) is 42.5 Å². The molecule has 0 unspecified atom stereocenters. The maximum absolute atomic E-state index is 13.0. The van der Waals surface area contributed by atoms with Gasteiger partial charge in [-0.15, -0.1) is 0 Å². The highest BCUT2D eigenvalue weighted by Gasteiger charge is 2.36. The number of aliphatic hydroxyl groups is 1. The molecule has 0 bridgehead atoms. The molecule has 0 aliphatic carbocycles. The van der Waals surface area contributed by atoms with Crippen LogP contribution >= 0.6 is 0 Å². The fourth-order valence-electron chi connectivity index (χ4n) is 4.80. The molecule has 3 aromatic rings. The number of nitrogens with one attached hydrogen (secondary N) is 2. The molecule has 0 amide bonds. The molecule has 3 N–H and O–H groups in total. The van der Waals surface area contributed by atoms with Gasteiger partial charge in [-0.25, -0.2) is 18.7 Å². The summed E-state index contributed by atoms with van der Waals surface area (Å²) < 4.78 is 32.8. The highest BCUT2D eigenvalue weighted by molar-refractivity contribution is 5.76. The molecule has 0 radical (unpaired) electrons. The van der Waals surface area contributed by atoms with Crippen molar-refractivity contribution in [3.63, 3.8) is 0 Å². The van der Waals surface area contributed by atoms with Gasteiger partial charge < -0.3 is 20.5 Å². The van der Waals surface area contributed by atoms with E-state index in [9.17, 15) is 19.1 Å². The van der Waals surface area contributed by atoms with Gasteiger partial charge in [-0.05, 0) is 36.6 Å². The molecule has 0 spiro atoms. The number of hydrogen-bond donors (Lipinski definition) is 3. The number of halogens is 2. The average Bonchev–Trinajstić information content (AvgIpc) is 3.44. The van der Waals surface area contributed by atoms with E-state index in [0.29, 0.717) is 48.3 Å². The number of rotatable bonds is 7. The largest absolute Gasteiger partial charge is 0.395 e. The smallest absolute Gasteiger partial charge is 0.257 e. The quantitative estimate of drug-likeness (QED) is 0.453. The van der Waals surface area contributed by atoms with Crippen molar-refractivity contribution in [1.82, 2.24) is 19.7 Å². The first kappa shape index (κ1) is 24.1. The van der Waals surface area contributed by atoms with Crippen LogP contribution in [0.15, 0.2) is 30.6 Å². The van der Waals surface area contributed by atoms with Gasteiger partial charge in [-0.3, -0.25) is 4.68 Å². The minimum absolute atomic E-state index is 0.0600. The molecule has 2 aromatic heterocycles. The van der Waals surface area contributed by atoms with Crippen LogP contribution in [0.4, 0.5) is 26.1 Å². The van der Waals surface area contributed by atoms with Gasteiger partial charge in [0.2, 0.25) is 5.95 Å². The van der Waals surface area contributed by atoms with E-state index >= 15 is 0 Å². The highest BCUT2D eigenvalue weighted by atomic mass is 19.3. The summed E-state index contributed by atoms with van der Waals surface area (Å²) in [6.45, 7) is 3.11. The Morgan fingerprint density at radius 3 is 2.89 bits per heavy atom. The van der Waals surface area contributed by atoms with Crippen LogP contribution in [0.3, 0.4) is 0 Å². The van der Waals surface area contributed by atoms with Crippen LogP contribution < -0.4 is 10.6 Å². The number of hydrogen-bond acceptors (Lipinski definition) is 8. The molecule has 5 rings (SSSR count). The van der Waals surface area contributed by atoms with Crippen LogP contribution in [-0.4, -0.2) is 57.6 Å². The zero-order valence-electron chi connectivity index (χ0n) is 19.8. The van der Waals surface area contributed by atoms with Crippen LogP contribution in [0, 0.1) is 11.3 Å². The number of fused-ring (bicyclic) bond motifs is 1. The Morgan fingerprint density at radius 1 is 1.36 bits per heavy atom. The lowest BCUT2D eigenvalue weighted by molar-refractivity contribution is 0.0840. The Morgan fingerprint density at radius 2 is 2.17 bits per heavy atom. The number of benzene rings is 1. The summed E-state index contributed by atoms with van der Waals surface area (Å²) >= 11 is 0. The monoisotopic (exact) mass is 495 g/mol. The van der Waals surface area contributed by atoms with E-state index in [1.807, 2.05) is 13.0 Å². The van der Waals surface area contributed by atoms with Crippen LogP contribution in [0.25, 0.3) is 11.3 Å². The molecule has 1 fully saturated rings. The number of aromatic nitrogens is 4. The first-order chi connectivity index (χ1) is 17.4. The van der Waals surface area contributed by atoms with E-state index in [1.165, 1.54) is 4.68 Å². The Balaban J connectivity index is 1.48. The molecule has 11 heteroatoms.